The van der Waals surface area contributed by atoms with E-state index in [1.165, 1.54) is 5.56 Å². The number of fused-ring (bicyclic) bond motifs is 1. The molecule has 0 aliphatic carbocycles. The van der Waals surface area contributed by atoms with Crippen molar-refractivity contribution in [3.05, 3.63) is 65.7 Å². The molecule has 0 radical (unpaired) electrons. The number of hydrogen-bond donors (Lipinski definition) is 0. The third-order valence-corrected chi connectivity index (χ3v) is 6.21. The second-order valence-electron chi connectivity index (χ2n) is 8.79. The Morgan fingerprint density at radius 1 is 1.03 bits per heavy atom. The Morgan fingerprint density at radius 2 is 1.76 bits per heavy atom. The summed E-state index contributed by atoms with van der Waals surface area (Å²) < 4.78 is 5.28. The van der Waals surface area contributed by atoms with Crippen molar-refractivity contribution >= 4 is 5.91 Å². The smallest absolute Gasteiger partial charge is 0.253 e. The Balaban J connectivity index is 1.46. The molecule has 0 spiro atoms. The van der Waals surface area contributed by atoms with Crippen molar-refractivity contribution in [1.29, 1.82) is 0 Å². The quantitative estimate of drug-likeness (QED) is 0.800. The van der Waals surface area contributed by atoms with Crippen LogP contribution in [0, 0.1) is 0 Å². The Hall–Kier alpha value is -2.37. The molecule has 2 saturated heterocycles. The van der Waals surface area contributed by atoms with Crippen molar-refractivity contribution < 1.29 is 9.53 Å². The molecule has 29 heavy (non-hydrogen) atoms. The first-order valence-electron chi connectivity index (χ1n) is 10.4. The van der Waals surface area contributed by atoms with Crippen LogP contribution in [-0.4, -0.2) is 72.0 Å². The molecule has 0 saturated carbocycles. The van der Waals surface area contributed by atoms with Crippen LogP contribution in [0.1, 0.15) is 29.8 Å². The Kier molecular flexibility index (Phi) is 5.61. The topological polar surface area (TPSA) is 36.0 Å². The van der Waals surface area contributed by atoms with Gasteiger partial charge in [-0.25, -0.2) is 0 Å². The number of piperazine rings is 2. The van der Waals surface area contributed by atoms with Crippen molar-refractivity contribution in [1.82, 2.24) is 14.7 Å². The molecule has 2 aromatic carbocycles. The molecule has 0 N–H and O–H groups in total. The van der Waals surface area contributed by atoms with Gasteiger partial charge in [-0.3, -0.25) is 14.6 Å². The minimum absolute atomic E-state index is 0.0945. The normalized spacial score (nSPS) is 22.2. The van der Waals surface area contributed by atoms with Crippen molar-refractivity contribution in [3.8, 4) is 5.75 Å². The lowest BCUT2D eigenvalue weighted by molar-refractivity contribution is -0.0613. The maximum atomic E-state index is 13.0. The number of methoxy groups -OCH3 is 1. The van der Waals surface area contributed by atoms with Crippen molar-refractivity contribution in [2.75, 3.05) is 39.8 Å². The molecule has 0 aromatic heterocycles. The standard InChI is InChI=1S/C24H31N3O2/c1-24(2)18-25(15-19-9-11-22(29-3)12-10-19)16-21-17-26(13-14-27(21)24)23(28)20-7-5-4-6-8-20/h4-12,21H,13-18H2,1-3H3. The molecule has 2 aromatic rings. The summed E-state index contributed by atoms with van der Waals surface area (Å²) in [7, 11) is 1.70. The van der Waals surface area contributed by atoms with Gasteiger partial charge in [0, 0.05) is 56.4 Å². The summed E-state index contributed by atoms with van der Waals surface area (Å²) in [6.07, 6.45) is 0. The van der Waals surface area contributed by atoms with Crippen LogP contribution in [0.3, 0.4) is 0 Å². The SMILES string of the molecule is COc1ccc(CN2CC3CN(C(=O)c4ccccc4)CCN3C(C)(C)C2)cc1. The van der Waals surface area contributed by atoms with Gasteiger partial charge in [0.25, 0.3) is 5.91 Å². The average molecular weight is 394 g/mol. The summed E-state index contributed by atoms with van der Waals surface area (Å²) in [4.78, 5) is 20.1. The van der Waals surface area contributed by atoms with E-state index in [0.29, 0.717) is 6.04 Å². The molecular weight excluding hydrogens is 362 g/mol. The number of hydrogen-bond acceptors (Lipinski definition) is 4. The van der Waals surface area contributed by atoms with Crippen LogP contribution in [0.15, 0.2) is 54.6 Å². The van der Waals surface area contributed by atoms with Crippen molar-refractivity contribution in [2.45, 2.75) is 32.0 Å². The maximum absolute atomic E-state index is 13.0. The maximum Gasteiger partial charge on any atom is 0.253 e. The molecule has 2 heterocycles. The highest BCUT2D eigenvalue weighted by Crippen LogP contribution is 2.29. The molecular formula is C24H31N3O2. The monoisotopic (exact) mass is 393 g/mol. The molecule has 154 valence electrons. The van der Waals surface area contributed by atoms with E-state index in [-0.39, 0.29) is 11.4 Å². The fraction of sp³-hybridized carbons (Fsp3) is 0.458. The lowest BCUT2D eigenvalue weighted by Gasteiger charge is -2.55. The van der Waals surface area contributed by atoms with E-state index in [2.05, 4.69) is 35.8 Å². The summed E-state index contributed by atoms with van der Waals surface area (Å²) >= 11 is 0. The van der Waals surface area contributed by atoms with Crippen LogP contribution in [0.5, 0.6) is 5.75 Å². The second kappa shape index (κ2) is 8.17. The molecule has 2 aliphatic rings. The fourth-order valence-corrected chi connectivity index (χ4v) is 4.87. The molecule has 1 unspecified atom stereocenters. The number of nitrogens with zero attached hydrogens (tertiary/aromatic N) is 3. The molecule has 1 amide bonds. The van der Waals surface area contributed by atoms with Crippen LogP contribution in [0.2, 0.25) is 0 Å². The van der Waals surface area contributed by atoms with Crippen LogP contribution in [0.25, 0.3) is 0 Å². The molecule has 5 nitrogen and oxygen atoms in total. The summed E-state index contributed by atoms with van der Waals surface area (Å²) in [5.74, 6) is 1.04. The zero-order chi connectivity index (χ0) is 20.4. The summed E-state index contributed by atoms with van der Waals surface area (Å²) in [5.41, 5.74) is 2.17. The first kappa shape index (κ1) is 19.9. The number of amides is 1. The van der Waals surface area contributed by atoms with E-state index in [1.807, 2.05) is 47.4 Å². The highest BCUT2D eigenvalue weighted by Gasteiger charge is 2.43. The predicted molar refractivity (Wildman–Crippen MR) is 115 cm³/mol. The number of carbonyl (C=O) groups is 1. The molecule has 2 fully saturated rings. The highest BCUT2D eigenvalue weighted by atomic mass is 16.5. The molecule has 2 aliphatic heterocycles. The number of carbonyl (C=O) groups excluding carboxylic acids is 1. The summed E-state index contributed by atoms with van der Waals surface area (Å²) in [6, 6.07) is 18.3. The van der Waals surface area contributed by atoms with E-state index >= 15 is 0 Å². The first-order chi connectivity index (χ1) is 14.0. The van der Waals surface area contributed by atoms with E-state index in [4.69, 9.17) is 4.74 Å². The van der Waals surface area contributed by atoms with Gasteiger partial charge >= 0.3 is 0 Å². The minimum atomic E-state index is 0.0945. The Morgan fingerprint density at radius 3 is 2.45 bits per heavy atom. The first-order valence-corrected chi connectivity index (χ1v) is 10.4. The molecule has 1 atom stereocenters. The third kappa shape index (κ3) is 4.31. The van der Waals surface area contributed by atoms with E-state index in [9.17, 15) is 4.79 Å². The summed E-state index contributed by atoms with van der Waals surface area (Å²) in [5, 5.41) is 0. The zero-order valence-corrected chi connectivity index (χ0v) is 17.7. The Bertz CT molecular complexity index is 835. The van der Waals surface area contributed by atoms with E-state index in [0.717, 1.165) is 50.6 Å². The van der Waals surface area contributed by atoms with Gasteiger partial charge in [0.15, 0.2) is 0 Å². The van der Waals surface area contributed by atoms with E-state index < -0.39 is 0 Å². The van der Waals surface area contributed by atoms with Gasteiger partial charge in [-0.05, 0) is 43.7 Å². The van der Waals surface area contributed by atoms with Gasteiger partial charge in [0.05, 0.1) is 7.11 Å². The van der Waals surface area contributed by atoms with Crippen molar-refractivity contribution in [3.63, 3.8) is 0 Å². The lowest BCUT2D eigenvalue weighted by Crippen LogP contribution is -2.69. The van der Waals surface area contributed by atoms with Crippen molar-refractivity contribution in [2.24, 2.45) is 0 Å². The number of ether oxygens (including phenoxy) is 1. The van der Waals surface area contributed by atoms with Gasteiger partial charge in [0.2, 0.25) is 0 Å². The number of rotatable bonds is 4. The van der Waals surface area contributed by atoms with Crippen LogP contribution >= 0.6 is 0 Å². The van der Waals surface area contributed by atoms with Crippen LogP contribution < -0.4 is 4.74 Å². The Labute approximate surface area is 173 Å². The summed E-state index contributed by atoms with van der Waals surface area (Å²) in [6.45, 7) is 10.1. The molecule has 5 heteroatoms. The second-order valence-corrected chi connectivity index (χ2v) is 8.79. The van der Waals surface area contributed by atoms with Crippen LogP contribution in [0.4, 0.5) is 0 Å². The van der Waals surface area contributed by atoms with Gasteiger partial charge in [-0.1, -0.05) is 30.3 Å². The third-order valence-electron chi connectivity index (χ3n) is 6.21. The molecule has 4 rings (SSSR count). The predicted octanol–water partition coefficient (Wildman–Crippen LogP) is 3.12. The van der Waals surface area contributed by atoms with Gasteiger partial charge in [-0.2, -0.15) is 0 Å². The minimum Gasteiger partial charge on any atom is -0.497 e. The average Bonchev–Trinajstić information content (AvgIpc) is 2.73. The van der Waals surface area contributed by atoms with Crippen LogP contribution in [-0.2, 0) is 6.54 Å². The fourth-order valence-electron chi connectivity index (χ4n) is 4.87. The van der Waals surface area contributed by atoms with Gasteiger partial charge in [0.1, 0.15) is 5.75 Å². The highest BCUT2D eigenvalue weighted by molar-refractivity contribution is 5.94. The lowest BCUT2D eigenvalue weighted by atomic mass is 9.92. The molecule has 0 bridgehead atoms. The van der Waals surface area contributed by atoms with Gasteiger partial charge < -0.3 is 9.64 Å². The number of benzene rings is 2. The van der Waals surface area contributed by atoms with E-state index in [1.54, 1.807) is 7.11 Å². The largest absolute Gasteiger partial charge is 0.497 e. The zero-order valence-electron chi connectivity index (χ0n) is 17.7. The van der Waals surface area contributed by atoms with Gasteiger partial charge in [-0.15, -0.1) is 0 Å².